The maximum absolute atomic E-state index is 14.0. The maximum Gasteiger partial charge on any atom is 0.235 e. The van der Waals surface area contributed by atoms with Gasteiger partial charge in [-0.2, -0.15) is 0 Å². The van der Waals surface area contributed by atoms with Gasteiger partial charge in [-0.1, -0.05) is 86.5 Å². The highest BCUT2D eigenvalue weighted by Gasteiger charge is 2.72. The summed E-state index contributed by atoms with van der Waals surface area (Å²) >= 11 is 8.07. The molecule has 1 saturated heterocycles. The van der Waals surface area contributed by atoms with Crippen LogP contribution in [0.25, 0.3) is 0 Å². The Morgan fingerprint density at radius 2 is 1.20 bits per heavy atom. The lowest BCUT2D eigenvalue weighted by molar-refractivity contribution is -0.140. The molecule has 2 atom stereocenters. The van der Waals surface area contributed by atoms with Gasteiger partial charge in [-0.25, -0.2) is 0 Å². The van der Waals surface area contributed by atoms with Crippen LogP contribution in [0.3, 0.4) is 0 Å². The number of rotatable bonds is 5. The van der Waals surface area contributed by atoms with Gasteiger partial charge in [-0.05, 0) is 46.4 Å². The Hall–Kier alpha value is -2.64. The van der Waals surface area contributed by atoms with Crippen LogP contribution in [0.5, 0.6) is 11.5 Å². The van der Waals surface area contributed by atoms with Crippen molar-refractivity contribution in [3.63, 3.8) is 0 Å². The van der Waals surface area contributed by atoms with Crippen LogP contribution in [0.4, 0.5) is 0 Å². The van der Waals surface area contributed by atoms with Crippen molar-refractivity contribution < 1.29 is 19.1 Å². The predicted molar refractivity (Wildman–Crippen MR) is 139 cm³/mol. The number of amides is 2. The molecule has 0 aromatic heterocycles. The van der Waals surface area contributed by atoms with Crippen LogP contribution < -0.4 is 9.47 Å². The molecule has 2 amide bonds. The second kappa shape index (κ2) is 7.93. The first kappa shape index (κ1) is 22.8. The molecule has 1 heterocycles. The van der Waals surface area contributed by atoms with E-state index >= 15 is 0 Å². The van der Waals surface area contributed by atoms with Gasteiger partial charge in [0.25, 0.3) is 0 Å². The molecule has 2 bridgehead atoms. The molecule has 3 aromatic rings. The van der Waals surface area contributed by atoms with Gasteiger partial charge in [-0.15, -0.1) is 0 Å². The third-order valence-corrected chi connectivity index (χ3v) is 10.4. The number of carbonyl (C=O) groups excluding carboxylic acids is 2. The number of likely N-dealkylation sites (tertiary alicyclic amines) is 1. The van der Waals surface area contributed by atoms with E-state index in [1.54, 1.807) is 14.2 Å². The molecule has 7 rings (SSSR count). The summed E-state index contributed by atoms with van der Waals surface area (Å²) in [5, 5.41) is 0. The molecular formula is C28H23Br2NO4. The molecule has 5 nitrogen and oxygen atoms in total. The Kier molecular flexibility index (Phi) is 5.17. The average molecular weight is 597 g/mol. The number of halogens is 2. The number of hydrogen-bond donors (Lipinski definition) is 0. The van der Waals surface area contributed by atoms with Gasteiger partial charge in [0, 0.05) is 6.54 Å². The minimum Gasteiger partial charge on any atom is -0.493 e. The third-order valence-electron chi connectivity index (χ3n) is 7.75. The van der Waals surface area contributed by atoms with Gasteiger partial charge in [0.1, 0.15) is 0 Å². The van der Waals surface area contributed by atoms with Crippen LogP contribution in [0, 0.1) is 11.8 Å². The number of alkyl halides is 2. The van der Waals surface area contributed by atoms with E-state index in [4.69, 9.17) is 9.47 Å². The monoisotopic (exact) mass is 595 g/mol. The average Bonchev–Trinajstić information content (AvgIpc) is 3.16. The molecule has 0 unspecified atom stereocenters. The molecule has 1 fully saturated rings. The fraction of sp³-hybridized carbons (Fsp3) is 0.286. The van der Waals surface area contributed by atoms with E-state index in [0.717, 1.165) is 27.8 Å². The van der Waals surface area contributed by atoms with Crippen molar-refractivity contribution in [2.24, 2.45) is 11.8 Å². The highest BCUT2D eigenvalue weighted by Crippen LogP contribution is 2.70. The molecule has 178 valence electrons. The van der Waals surface area contributed by atoms with Crippen molar-refractivity contribution in [1.82, 2.24) is 4.90 Å². The predicted octanol–water partition coefficient (Wildman–Crippen LogP) is 5.15. The lowest BCUT2D eigenvalue weighted by Crippen LogP contribution is -2.56. The van der Waals surface area contributed by atoms with Crippen molar-refractivity contribution in [1.29, 1.82) is 0 Å². The van der Waals surface area contributed by atoms with E-state index in [2.05, 4.69) is 56.1 Å². The summed E-state index contributed by atoms with van der Waals surface area (Å²) in [5.74, 6) is -0.0739. The van der Waals surface area contributed by atoms with E-state index < -0.39 is 20.5 Å². The van der Waals surface area contributed by atoms with E-state index in [1.807, 2.05) is 42.5 Å². The maximum atomic E-state index is 14.0. The highest BCUT2D eigenvalue weighted by atomic mass is 79.9. The lowest BCUT2D eigenvalue weighted by atomic mass is 9.54. The third kappa shape index (κ3) is 2.85. The van der Waals surface area contributed by atoms with Crippen LogP contribution in [-0.4, -0.2) is 37.5 Å². The Morgan fingerprint density at radius 1 is 0.743 bits per heavy atom. The van der Waals surface area contributed by atoms with Crippen molar-refractivity contribution in [2.45, 2.75) is 15.1 Å². The van der Waals surface area contributed by atoms with Crippen molar-refractivity contribution in [3.05, 3.63) is 94.5 Å². The summed E-state index contributed by atoms with van der Waals surface area (Å²) in [6, 6.07) is 21.9. The van der Waals surface area contributed by atoms with Gasteiger partial charge in [0.2, 0.25) is 11.8 Å². The van der Waals surface area contributed by atoms with Gasteiger partial charge in [0.05, 0.1) is 34.7 Å². The first-order valence-corrected chi connectivity index (χ1v) is 13.1. The number of nitrogens with zero attached hydrogens (tertiary/aromatic N) is 1. The Bertz CT molecular complexity index is 1270. The minimum atomic E-state index is -0.759. The summed E-state index contributed by atoms with van der Waals surface area (Å²) in [4.78, 5) is 29.4. The van der Waals surface area contributed by atoms with Crippen LogP contribution in [-0.2, 0) is 24.7 Å². The number of benzene rings is 3. The van der Waals surface area contributed by atoms with Crippen molar-refractivity contribution >= 4 is 43.7 Å². The molecule has 0 saturated carbocycles. The number of carbonyl (C=O) groups is 2. The minimum absolute atomic E-state index is 0.134. The first-order valence-electron chi connectivity index (χ1n) is 11.5. The Balaban J connectivity index is 1.41. The molecule has 3 aromatic carbocycles. The lowest BCUT2D eigenvalue weighted by Gasteiger charge is -2.55. The molecule has 0 spiro atoms. The van der Waals surface area contributed by atoms with Crippen LogP contribution >= 0.6 is 31.9 Å². The number of hydrogen-bond acceptors (Lipinski definition) is 4. The fourth-order valence-electron chi connectivity index (χ4n) is 6.22. The van der Waals surface area contributed by atoms with Gasteiger partial charge in [-0.3, -0.25) is 14.5 Å². The largest absolute Gasteiger partial charge is 0.493 e. The Labute approximate surface area is 220 Å². The normalized spacial score (nSPS) is 27.9. The second-order valence-electron chi connectivity index (χ2n) is 9.24. The van der Waals surface area contributed by atoms with Crippen molar-refractivity contribution in [2.75, 3.05) is 20.8 Å². The zero-order chi connectivity index (χ0) is 24.5. The topological polar surface area (TPSA) is 55.8 Å². The van der Waals surface area contributed by atoms with Gasteiger partial charge >= 0.3 is 0 Å². The zero-order valence-corrected chi connectivity index (χ0v) is 22.4. The SMILES string of the molecule is COc1ccc(CCN2C(=O)[C@H]3[C@H](C2=O)C2(Br)c4ccccc4C3(Br)c3ccccc32)cc1OC. The van der Waals surface area contributed by atoms with Gasteiger partial charge in [0.15, 0.2) is 11.5 Å². The number of ether oxygens (including phenoxy) is 2. The fourth-order valence-corrected chi connectivity index (χ4v) is 8.53. The quantitative estimate of drug-likeness (QED) is 0.302. The summed E-state index contributed by atoms with van der Waals surface area (Å²) in [7, 11) is 3.19. The summed E-state index contributed by atoms with van der Waals surface area (Å²) in [6.45, 7) is 0.305. The molecule has 7 heteroatoms. The van der Waals surface area contributed by atoms with E-state index in [1.165, 1.54) is 4.90 Å². The molecule has 3 aliphatic carbocycles. The van der Waals surface area contributed by atoms with Crippen LogP contribution in [0.2, 0.25) is 0 Å². The molecule has 35 heavy (non-hydrogen) atoms. The molecule has 0 radical (unpaired) electrons. The highest BCUT2D eigenvalue weighted by molar-refractivity contribution is 9.10. The molecule has 1 aliphatic heterocycles. The summed E-state index contributed by atoms with van der Waals surface area (Å²) in [5.41, 5.74) is 5.13. The van der Waals surface area contributed by atoms with E-state index in [9.17, 15) is 9.59 Å². The van der Waals surface area contributed by atoms with Crippen LogP contribution in [0.1, 0.15) is 27.8 Å². The Morgan fingerprint density at radius 3 is 1.63 bits per heavy atom. The second-order valence-corrected chi connectivity index (χ2v) is 11.7. The summed E-state index contributed by atoms with van der Waals surface area (Å²) < 4.78 is 9.23. The zero-order valence-electron chi connectivity index (χ0n) is 19.3. The first-order chi connectivity index (χ1) is 16.9. The van der Waals surface area contributed by atoms with E-state index in [-0.39, 0.29) is 11.8 Å². The molecule has 4 aliphatic rings. The van der Waals surface area contributed by atoms with Crippen LogP contribution in [0.15, 0.2) is 66.7 Å². The molecular weight excluding hydrogens is 574 g/mol. The number of methoxy groups -OCH3 is 2. The summed E-state index contributed by atoms with van der Waals surface area (Å²) in [6.07, 6.45) is 0.530. The smallest absolute Gasteiger partial charge is 0.235 e. The number of imide groups is 1. The van der Waals surface area contributed by atoms with E-state index in [0.29, 0.717) is 24.5 Å². The van der Waals surface area contributed by atoms with Crippen molar-refractivity contribution in [3.8, 4) is 11.5 Å². The van der Waals surface area contributed by atoms with Gasteiger partial charge < -0.3 is 9.47 Å². The standard InChI is InChI=1S/C28H23Br2NO4/c1-34-21-12-11-16(15-22(21)35-2)13-14-31-25(32)23-24(26(31)33)28(30)18-8-4-3-7-17(18)27(23,29)19-9-5-6-10-20(19)28/h3-12,15,23-24H,13-14H2,1-2H3/t23-,24-,27?,28?/m1/s1. The molecule has 0 N–H and O–H groups in total.